The zero-order chi connectivity index (χ0) is 15.3. The minimum absolute atomic E-state index is 0.838. The second-order valence-electron chi connectivity index (χ2n) is 7.34. The minimum atomic E-state index is 0.838. The molecule has 0 aromatic rings. The summed E-state index contributed by atoms with van der Waals surface area (Å²) in [6.45, 7) is 15.0. The lowest BCUT2D eigenvalue weighted by Gasteiger charge is -2.28. The van der Waals surface area contributed by atoms with E-state index in [1.54, 1.807) is 0 Å². The van der Waals surface area contributed by atoms with Gasteiger partial charge in [-0.1, -0.05) is 46.5 Å². The molecule has 0 radical (unpaired) electrons. The normalized spacial score (nSPS) is 17.0. The van der Waals surface area contributed by atoms with Crippen LogP contribution in [0.1, 0.15) is 78.6 Å². The molecule has 1 fully saturated rings. The number of hydrogen-bond acceptors (Lipinski definition) is 2. The molecule has 0 unspecified atom stereocenters. The van der Waals surface area contributed by atoms with Gasteiger partial charge >= 0.3 is 0 Å². The van der Waals surface area contributed by atoms with E-state index in [1.807, 2.05) is 0 Å². The molecule has 1 heterocycles. The first-order chi connectivity index (χ1) is 10.2. The van der Waals surface area contributed by atoms with Gasteiger partial charge in [0.1, 0.15) is 0 Å². The summed E-state index contributed by atoms with van der Waals surface area (Å²) in [6, 6.07) is 0. The maximum atomic E-state index is 2.74. The van der Waals surface area contributed by atoms with E-state index in [9.17, 15) is 0 Å². The Labute approximate surface area is 134 Å². The second kappa shape index (κ2) is 12.5. The lowest BCUT2D eigenvalue weighted by molar-refractivity contribution is 0.197. The monoisotopic (exact) mass is 296 g/mol. The number of rotatable bonds is 12. The van der Waals surface area contributed by atoms with Gasteiger partial charge in [0.2, 0.25) is 0 Å². The highest BCUT2D eigenvalue weighted by atomic mass is 15.1. The van der Waals surface area contributed by atoms with Crippen LogP contribution in [0.4, 0.5) is 0 Å². The van der Waals surface area contributed by atoms with Gasteiger partial charge in [-0.3, -0.25) is 0 Å². The quantitative estimate of drug-likeness (QED) is 0.478. The summed E-state index contributed by atoms with van der Waals surface area (Å²) in [5.41, 5.74) is 0. The van der Waals surface area contributed by atoms with Crippen LogP contribution in [0.15, 0.2) is 0 Å². The molecular formula is C19H40N2. The Morgan fingerprint density at radius 3 is 2.24 bits per heavy atom. The van der Waals surface area contributed by atoms with Crippen LogP contribution in [-0.2, 0) is 0 Å². The summed E-state index contributed by atoms with van der Waals surface area (Å²) in [4.78, 5) is 5.42. The average Bonchev–Trinajstić information content (AvgIpc) is 2.49. The van der Waals surface area contributed by atoms with Crippen molar-refractivity contribution in [2.24, 2.45) is 5.92 Å². The zero-order valence-electron chi connectivity index (χ0n) is 15.1. The second-order valence-corrected chi connectivity index (χ2v) is 7.34. The number of piperidine rings is 1. The summed E-state index contributed by atoms with van der Waals surface area (Å²) in [5.74, 6) is 0.838. The summed E-state index contributed by atoms with van der Waals surface area (Å²) in [7, 11) is 0. The minimum Gasteiger partial charge on any atom is -0.303 e. The molecule has 126 valence electrons. The van der Waals surface area contributed by atoms with E-state index in [1.165, 1.54) is 97.1 Å². The highest BCUT2D eigenvalue weighted by Crippen LogP contribution is 2.10. The Morgan fingerprint density at radius 2 is 1.57 bits per heavy atom. The van der Waals surface area contributed by atoms with Gasteiger partial charge in [-0.15, -0.1) is 0 Å². The fourth-order valence-corrected chi connectivity index (χ4v) is 3.24. The predicted molar refractivity (Wildman–Crippen MR) is 94.9 cm³/mol. The maximum absolute atomic E-state index is 2.74. The molecule has 0 saturated carbocycles. The molecule has 0 spiro atoms. The summed E-state index contributed by atoms with van der Waals surface area (Å²) < 4.78 is 0. The fraction of sp³-hybridized carbons (Fsp3) is 1.00. The van der Waals surface area contributed by atoms with Gasteiger partial charge in [0, 0.05) is 0 Å². The molecule has 1 saturated heterocycles. The van der Waals surface area contributed by atoms with Crippen molar-refractivity contribution in [1.29, 1.82) is 0 Å². The van der Waals surface area contributed by atoms with Crippen LogP contribution in [0, 0.1) is 5.92 Å². The number of nitrogens with zero attached hydrogens (tertiary/aromatic N) is 2. The Bertz CT molecular complexity index is 222. The molecule has 2 nitrogen and oxygen atoms in total. The van der Waals surface area contributed by atoms with Crippen molar-refractivity contribution >= 4 is 0 Å². The van der Waals surface area contributed by atoms with Crippen LogP contribution in [0.3, 0.4) is 0 Å². The molecule has 1 aliphatic heterocycles. The van der Waals surface area contributed by atoms with Gasteiger partial charge in [0.15, 0.2) is 0 Å². The number of hydrogen-bond donors (Lipinski definition) is 0. The molecule has 0 aromatic carbocycles. The van der Waals surface area contributed by atoms with E-state index < -0.39 is 0 Å². The van der Waals surface area contributed by atoms with Crippen LogP contribution in [0.25, 0.3) is 0 Å². The highest BCUT2D eigenvalue weighted by molar-refractivity contribution is 4.66. The standard InChI is InChI=1S/C19H40N2/c1-4-5-6-8-15-21(18-12-19(2)3)17-11-16-20-13-9-7-10-14-20/h19H,4-18H2,1-3H3. The first-order valence-corrected chi connectivity index (χ1v) is 9.67. The van der Waals surface area contributed by atoms with E-state index in [2.05, 4.69) is 30.6 Å². The Balaban J connectivity index is 2.16. The van der Waals surface area contributed by atoms with E-state index in [4.69, 9.17) is 0 Å². The van der Waals surface area contributed by atoms with Crippen molar-refractivity contribution in [3.8, 4) is 0 Å². The van der Waals surface area contributed by atoms with Crippen LogP contribution in [-0.4, -0.2) is 49.1 Å². The van der Waals surface area contributed by atoms with E-state index >= 15 is 0 Å². The molecule has 0 aliphatic carbocycles. The zero-order valence-corrected chi connectivity index (χ0v) is 15.1. The lowest BCUT2D eigenvalue weighted by Crippen LogP contribution is -2.34. The van der Waals surface area contributed by atoms with Crippen molar-refractivity contribution in [2.45, 2.75) is 78.6 Å². The fourth-order valence-electron chi connectivity index (χ4n) is 3.24. The van der Waals surface area contributed by atoms with Gasteiger partial charge in [-0.05, 0) is 77.3 Å². The van der Waals surface area contributed by atoms with E-state index in [0.717, 1.165) is 5.92 Å². The third-order valence-electron chi connectivity index (χ3n) is 4.75. The molecular weight excluding hydrogens is 256 g/mol. The Hall–Kier alpha value is -0.0800. The highest BCUT2D eigenvalue weighted by Gasteiger charge is 2.11. The third-order valence-corrected chi connectivity index (χ3v) is 4.75. The van der Waals surface area contributed by atoms with Crippen molar-refractivity contribution in [3.63, 3.8) is 0 Å². The van der Waals surface area contributed by atoms with Crippen molar-refractivity contribution in [2.75, 3.05) is 39.3 Å². The Morgan fingerprint density at radius 1 is 0.857 bits per heavy atom. The average molecular weight is 297 g/mol. The lowest BCUT2D eigenvalue weighted by atomic mass is 10.1. The van der Waals surface area contributed by atoms with Crippen molar-refractivity contribution in [1.82, 2.24) is 9.80 Å². The van der Waals surface area contributed by atoms with Crippen LogP contribution in [0.2, 0.25) is 0 Å². The van der Waals surface area contributed by atoms with Gasteiger partial charge < -0.3 is 9.80 Å². The van der Waals surface area contributed by atoms with Crippen LogP contribution < -0.4 is 0 Å². The molecule has 0 atom stereocenters. The third kappa shape index (κ3) is 10.3. The van der Waals surface area contributed by atoms with Gasteiger partial charge in [-0.2, -0.15) is 0 Å². The predicted octanol–water partition coefficient (Wildman–Crippen LogP) is 4.79. The van der Waals surface area contributed by atoms with Crippen molar-refractivity contribution < 1.29 is 0 Å². The molecule has 0 amide bonds. The first kappa shape index (κ1) is 19.0. The molecule has 0 aromatic heterocycles. The number of likely N-dealkylation sites (tertiary alicyclic amines) is 1. The van der Waals surface area contributed by atoms with E-state index in [-0.39, 0.29) is 0 Å². The molecule has 21 heavy (non-hydrogen) atoms. The smallest absolute Gasteiger partial charge is 0.000655 e. The molecule has 0 bridgehead atoms. The SMILES string of the molecule is CCCCCCN(CCCN1CCCCC1)CCC(C)C. The number of unbranched alkanes of at least 4 members (excludes halogenated alkanes) is 3. The van der Waals surface area contributed by atoms with Gasteiger partial charge in [0.05, 0.1) is 0 Å². The Kier molecular flexibility index (Phi) is 11.3. The van der Waals surface area contributed by atoms with Gasteiger partial charge in [-0.25, -0.2) is 0 Å². The molecule has 2 heteroatoms. The largest absolute Gasteiger partial charge is 0.303 e. The molecule has 0 N–H and O–H groups in total. The summed E-state index contributed by atoms with van der Waals surface area (Å²) in [5, 5.41) is 0. The van der Waals surface area contributed by atoms with Crippen LogP contribution in [0.5, 0.6) is 0 Å². The van der Waals surface area contributed by atoms with Gasteiger partial charge in [0.25, 0.3) is 0 Å². The first-order valence-electron chi connectivity index (χ1n) is 9.67. The van der Waals surface area contributed by atoms with E-state index in [0.29, 0.717) is 0 Å². The maximum Gasteiger partial charge on any atom is -0.000655 e. The summed E-state index contributed by atoms with van der Waals surface area (Å²) >= 11 is 0. The van der Waals surface area contributed by atoms with Crippen molar-refractivity contribution in [3.05, 3.63) is 0 Å². The molecule has 1 rings (SSSR count). The van der Waals surface area contributed by atoms with Crippen LogP contribution >= 0.6 is 0 Å². The summed E-state index contributed by atoms with van der Waals surface area (Å²) in [6.07, 6.45) is 12.6. The topological polar surface area (TPSA) is 6.48 Å². The molecule has 1 aliphatic rings.